The molecule has 14 heavy (non-hydrogen) atoms. The average Bonchev–Trinajstić information content (AvgIpc) is 2.69. The lowest BCUT2D eigenvalue weighted by atomic mass is 10.4. The Labute approximate surface area is 88.7 Å². The highest BCUT2D eigenvalue weighted by Crippen LogP contribution is 2.19. The maximum Gasteiger partial charge on any atom is 0.213 e. The minimum atomic E-state index is 0.527. The Bertz CT molecular complexity index is 403. The summed E-state index contributed by atoms with van der Waals surface area (Å²) in [6.07, 6.45) is 4.74. The molecule has 72 valence electrons. The van der Waals surface area contributed by atoms with E-state index in [1.807, 2.05) is 6.07 Å². The molecule has 0 saturated heterocycles. The van der Waals surface area contributed by atoms with Crippen LogP contribution in [0.3, 0.4) is 0 Å². The lowest BCUT2D eigenvalue weighted by molar-refractivity contribution is 0.411. The summed E-state index contributed by atoms with van der Waals surface area (Å²) in [4.78, 5) is 7.84. The van der Waals surface area contributed by atoms with Gasteiger partial charge in [-0.3, -0.25) is 4.98 Å². The molecule has 0 radical (unpaired) electrons. The molecule has 0 atom stereocenters. The molecule has 2 heterocycles. The lowest BCUT2D eigenvalue weighted by Gasteiger charge is -2.04. The lowest BCUT2D eigenvalue weighted by Crippen LogP contribution is -2.01. The zero-order valence-electron chi connectivity index (χ0n) is 7.14. The number of hydrogen-bond acceptors (Lipinski definition) is 5. The predicted molar refractivity (Wildman–Crippen MR) is 53.6 cm³/mol. The molecule has 2 aromatic rings. The van der Waals surface area contributed by atoms with E-state index >= 15 is 0 Å². The van der Waals surface area contributed by atoms with E-state index in [2.05, 4.69) is 40.9 Å². The average molecular weight is 255 g/mol. The van der Waals surface area contributed by atoms with Crippen LogP contribution in [0.25, 0.3) is 0 Å². The first kappa shape index (κ1) is 9.14. The highest BCUT2D eigenvalue weighted by molar-refractivity contribution is 9.10. The predicted octanol–water partition coefficient (Wildman–Crippen LogP) is 1.84. The van der Waals surface area contributed by atoms with Crippen molar-refractivity contribution in [3.8, 4) is 0 Å². The molecule has 0 aliphatic heterocycles. The van der Waals surface area contributed by atoms with Crippen molar-refractivity contribution in [1.29, 1.82) is 0 Å². The van der Waals surface area contributed by atoms with E-state index in [4.69, 9.17) is 0 Å². The van der Waals surface area contributed by atoms with Crippen molar-refractivity contribution in [1.82, 2.24) is 15.1 Å². The van der Waals surface area contributed by atoms with E-state index in [-0.39, 0.29) is 0 Å². The van der Waals surface area contributed by atoms with Crippen LogP contribution in [-0.4, -0.2) is 15.1 Å². The first-order chi connectivity index (χ1) is 6.86. The molecule has 6 heteroatoms. The zero-order chi connectivity index (χ0) is 9.80. The van der Waals surface area contributed by atoms with Crippen LogP contribution < -0.4 is 5.32 Å². The summed E-state index contributed by atoms with van der Waals surface area (Å²) in [6.45, 7) is 0.527. The zero-order valence-corrected chi connectivity index (χ0v) is 8.73. The number of rotatable bonds is 3. The number of nitrogens with zero attached hydrogens (tertiary/aromatic N) is 3. The fourth-order valence-electron chi connectivity index (χ4n) is 0.963. The van der Waals surface area contributed by atoms with Crippen LogP contribution in [0, 0.1) is 0 Å². The third-order valence-corrected chi connectivity index (χ3v) is 2.25. The highest BCUT2D eigenvalue weighted by atomic mass is 79.9. The van der Waals surface area contributed by atoms with Crippen molar-refractivity contribution in [2.45, 2.75) is 6.54 Å². The maximum absolute atomic E-state index is 4.61. The van der Waals surface area contributed by atoms with E-state index in [0.717, 1.165) is 10.2 Å². The van der Waals surface area contributed by atoms with Gasteiger partial charge < -0.3 is 9.84 Å². The Hall–Kier alpha value is -1.43. The third kappa shape index (κ3) is 2.08. The Morgan fingerprint density at radius 3 is 3.14 bits per heavy atom. The van der Waals surface area contributed by atoms with Crippen LogP contribution in [0.15, 0.2) is 33.8 Å². The van der Waals surface area contributed by atoms with Crippen LogP contribution in [0.2, 0.25) is 0 Å². The van der Waals surface area contributed by atoms with Gasteiger partial charge in [0.05, 0.1) is 16.7 Å². The quantitative estimate of drug-likeness (QED) is 0.906. The van der Waals surface area contributed by atoms with Crippen LogP contribution in [-0.2, 0) is 6.54 Å². The summed E-state index contributed by atoms with van der Waals surface area (Å²) >= 11 is 3.37. The van der Waals surface area contributed by atoms with Crippen molar-refractivity contribution in [2.75, 3.05) is 5.32 Å². The van der Waals surface area contributed by atoms with Gasteiger partial charge in [0.1, 0.15) is 0 Å². The fraction of sp³-hybridized carbons (Fsp3) is 0.125. The van der Waals surface area contributed by atoms with Crippen LogP contribution in [0.4, 0.5) is 5.69 Å². The van der Waals surface area contributed by atoms with E-state index < -0.39 is 0 Å². The molecule has 2 rings (SSSR count). The molecule has 2 aromatic heterocycles. The second kappa shape index (κ2) is 4.19. The smallest absolute Gasteiger partial charge is 0.213 e. The van der Waals surface area contributed by atoms with Crippen molar-refractivity contribution in [2.24, 2.45) is 0 Å². The number of pyridine rings is 1. The Kier molecular flexibility index (Phi) is 2.73. The topological polar surface area (TPSA) is 63.8 Å². The minimum absolute atomic E-state index is 0.527. The van der Waals surface area contributed by atoms with E-state index in [1.54, 1.807) is 12.4 Å². The summed E-state index contributed by atoms with van der Waals surface area (Å²) < 4.78 is 5.51. The molecule has 0 aliphatic carbocycles. The maximum atomic E-state index is 4.61. The molecule has 0 aliphatic rings. The summed E-state index contributed by atoms with van der Waals surface area (Å²) in [5.74, 6) is 0.619. The van der Waals surface area contributed by atoms with Gasteiger partial charge in [-0.2, -0.15) is 4.98 Å². The van der Waals surface area contributed by atoms with E-state index in [1.165, 1.54) is 6.39 Å². The largest absolute Gasteiger partial charge is 0.377 e. The monoisotopic (exact) mass is 254 g/mol. The van der Waals surface area contributed by atoms with Crippen molar-refractivity contribution in [3.05, 3.63) is 35.2 Å². The van der Waals surface area contributed by atoms with Gasteiger partial charge in [-0.25, -0.2) is 0 Å². The van der Waals surface area contributed by atoms with Gasteiger partial charge >= 0.3 is 0 Å². The van der Waals surface area contributed by atoms with Gasteiger partial charge in [-0.05, 0) is 22.0 Å². The summed E-state index contributed by atoms with van der Waals surface area (Å²) in [5.41, 5.74) is 0.949. The molecule has 0 saturated carbocycles. The van der Waals surface area contributed by atoms with Crippen LogP contribution >= 0.6 is 15.9 Å². The number of nitrogens with one attached hydrogen (secondary N) is 1. The number of hydrogen-bond donors (Lipinski definition) is 1. The van der Waals surface area contributed by atoms with Crippen LogP contribution in [0.1, 0.15) is 5.82 Å². The summed E-state index contributed by atoms with van der Waals surface area (Å²) in [5, 5.41) is 6.82. The highest BCUT2D eigenvalue weighted by Gasteiger charge is 2.00. The molecule has 1 N–H and O–H groups in total. The van der Waals surface area contributed by atoms with Crippen molar-refractivity contribution < 1.29 is 4.52 Å². The molecular formula is C8H7BrN4O. The first-order valence-electron chi connectivity index (χ1n) is 3.95. The molecule has 0 bridgehead atoms. The minimum Gasteiger partial charge on any atom is -0.377 e. The normalized spacial score (nSPS) is 10.1. The van der Waals surface area contributed by atoms with Gasteiger partial charge in [-0.1, -0.05) is 5.16 Å². The molecule has 0 aromatic carbocycles. The SMILES string of the molecule is Brc1cnccc1NCc1ncon1. The van der Waals surface area contributed by atoms with Gasteiger partial charge in [-0.15, -0.1) is 0 Å². The standard InChI is InChI=1S/C8H7BrN4O/c9-6-3-10-2-1-7(6)11-4-8-12-5-14-13-8/h1-3,5H,4H2,(H,10,11). The first-order valence-corrected chi connectivity index (χ1v) is 4.74. The summed E-state index contributed by atoms with van der Waals surface area (Å²) in [6, 6.07) is 1.87. The third-order valence-electron chi connectivity index (χ3n) is 1.62. The van der Waals surface area contributed by atoms with Crippen LogP contribution in [0.5, 0.6) is 0 Å². The fourth-order valence-corrected chi connectivity index (χ4v) is 1.35. The van der Waals surface area contributed by atoms with Gasteiger partial charge in [0.2, 0.25) is 6.39 Å². The number of anilines is 1. The van der Waals surface area contributed by atoms with Crippen molar-refractivity contribution >= 4 is 21.6 Å². The molecule has 0 spiro atoms. The molecule has 0 unspecified atom stereocenters. The molecule has 5 nitrogen and oxygen atoms in total. The van der Waals surface area contributed by atoms with Gasteiger partial charge in [0.15, 0.2) is 5.82 Å². The van der Waals surface area contributed by atoms with Gasteiger partial charge in [0.25, 0.3) is 0 Å². The van der Waals surface area contributed by atoms with E-state index in [9.17, 15) is 0 Å². The molecular weight excluding hydrogens is 248 g/mol. The van der Waals surface area contributed by atoms with Gasteiger partial charge in [0, 0.05) is 12.4 Å². The number of aromatic nitrogens is 3. The van der Waals surface area contributed by atoms with E-state index in [0.29, 0.717) is 12.4 Å². The second-order valence-electron chi connectivity index (χ2n) is 2.56. The van der Waals surface area contributed by atoms with Crippen molar-refractivity contribution in [3.63, 3.8) is 0 Å². The summed E-state index contributed by atoms with van der Waals surface area (Å²) in [7, 11) is 0. The Morgan fingerprint density at radius 1 is 1.50 bits per heavy atom. The Morgan fingerprint density at radius 2 is 2.43 bits per heavy atom. The molecule has 0 fully saturated rings. The Balaban J connectivity index is 2.02. The second-order valence-corrected chi connectivity index (χ2v) is 3.41. The molecule has 0 amide bonds. The number of halogens is 1.